The van der Waals surface area contributed by atoms with E-state index in [0.29, 0.717) is 30.2 Å². The van der Waals surface area contributed by atoms with Crippen LogP contribution < -0.4 is 10.1 Å². The molecule has 1 N–H and O–H groups in total. The van der Waals surface area contributed by atoms with E-state index in [1.807, 2.05) is 59.1 Å². The van der Waals surface area contributed by atoms with Crippen molar-refractivity contribution >= 4 is 22.7 Å². The fourth-order valence-electron chi connectivity index (χ4n) is 4.48. The monoisotopic (exact) mass is 464 g/mol. The third-order valence-electron chi connectivity index (χ3n) is 6.53. The van der Waals surface area contributed by atoms with Crippen molar-refractivity contribution in [2.75, 3.05) is 40.5 Å². The Hall–Kier alpha value is -3.39. The second-order valence-electron chi connectivity index (χ2n) is 8.73. The summed E-state index contributed by atoms with van der Waals surface area (Å²) < 4.78 is 12.2. The standard InChI is InChI=1S/C26H32N4O4/c1-18-22(25(31)27-12-15-33-2)8-9-24-23(18)17-30(28-24)16-19-10-13-29(14-11-19)26(32)20-4-6-21(34-3)7-5-20/h4-9,17,19H,10-16H2,1-3H3,(H,27,31). The molecule has 4 rings (SSSR count). The molecular weight excluding hydrogens is 432 g/mol. The number of amides is 2. The average Bonchev–Trinajstić information content (AvgIpc) is 3.28. The van der Waals surface area contributed by atoms with Gasteiger partial charge in [-0.3, -0.25) is 14.3 Å². The molecule has 2 aromatic carbocycles. The van der Waals surface area contributed by atoms with Crippen LogP contribution in [0, 0.1) is 12.8 Å². The van der Waals surface area contributed by atoms with Crippen LogP contribution in [0.1, 0.15) is 39.1 Å². The zero-order valence-corrected chi connectivity index (χ0v) is 20.0. The maximum Gasteiger partial charge on any atom is 0.253 e. The molecule has 3 aromatic rings. The minimum atomic E-state index is -0.0990. The Labute approximate surface area is 199 Å². The van der Waals surface area contributed by atoms with Crippen molar-refractivity contribution in [2.24, 2.45) is 5.92 Å². The number of aryl methyl sites for hydroxylation is 1. The molecule has 0 saturated carbocycles. The number of hydrogen-bond donors (Lipinski definition) is 1. The predicted octanol–water partition coefficient (Wildman–Crippen LogP) is 3.28. The molecule has 0 bridgehead atoms. The van der Waals surface area contributed by atoms with Crippen LogP contribution in [-0.4, -0.2) is 67.0 Å². The highest BCUT2D eigenvalue weighted by Gasteiger charge is 2.24. The average molecular weight is 465 g/mol. The summed E-state index contributed by atoms with van der Waals surface area (Å²) in [6.07, 6.45) is 3.90. The molecule has 34 heavy (non-hydrogen) atoms. The van der Waals surface area contributed by atoms with Crippen molar-refractivity contribution in [3.05, 3.63) is 59.3 Å². The number of aromatic nitrogens is 2. The molecule has 1 aliphatic heterocycles. The Morgan fingerprint density at radius 1 is 1.09 bits per heavy atom. The normalized spacial score (nSPS) is 14.4. The van der Waals surface area contributed by atoms with Gasteiger partial charge in [0, 0.05) is 56.0 Å². The summed E-state index contributed by atoms with van der Waals surface area (Å²) in [5, 5.41) is 8.61. The van der Waals surface area contributed by atoms with Crippen LogP contribution in [0.15, 0.2) is 42.6 Å². The van der Waals surface area contributed by atoms with Crippen molar-refractivity contribution in [1.82, 2.24) is 20.0 Å². The Morgan fingerprint density at radius 2 is 1.82 bits per heavy atom. The Kier molecular flexibility index (Phi) is 7.47. The number of carbonyl (C=O) groups is 2. The van der Waals surface area contributed by atoms with E-state index in [0.717, 1.165) is 54.7 Å². The second kappa shape index (κ2) is 10.7. The fourth-order valence-corrected chi connectivity index (χ4v) is 4.48. The number of rotatable bonds is 8. The lowest BCUT2D eigenvalue weighted by molar-refractivity contribution is 0.0681. The topological polar surface area (TPSA) is 85.7 Å². The van der Waals surface area contributed by atoms with Crippen molar-refractivity contribution in [2.45, 2.75) is 26.3 Å². The van der Waals surface area contributed by atoms with Gasteiger partial charge >= 0.3 is 0 Å². The van der Waals surface area contributed by atoms with Gasteiger partial charge in [-0.05, 0) is 67.6 Å². The van der Waals surface area contributed by atoms with E-state index in [2.05, 4.69) is 5.32 Å². The molecular formula is C26H32N4O4. The first-order chi connectivity index (χ1) is 16.5. The largest absolute Gasteiger partial charge is 0.497 e. The van der Waals surface area contributed by atoms with E-state index >= 15 is 0 Å². The van der Waals surface area contributed by atoms with Gasteiger partial charge in [-0.25, -0.2) is 0 Å². The van der Waals surface area contributed by atoms with Crippen LogP contribution in [0.3, 0.4) is 0 Å². The molecule has 0 radical (unpaired) electrons. The number of likely N-dealkylation sites (tertiary alicyclic amines) is 1. The maximum atomic E-state index is 12.8. The number of nitrogens with zero attached hydrogens (tertiary/aromatic N) is 3. The highest BCUT2D eigenvalue weighted by atomic mass is 16.5. The number of nitrogens with one attached hydrogen (secondary N) is 1. The third kappa shape index (κ3) is 5.22. The molecule has 0 atom stereocenters. The molecule has 2 amide bonds. The van der Waals surface area contributed by atoms with Gasteiger partial charge in [-0.15, -0.1) is 0 Å². The van der Waals surface area contributed by atoms with Gasteiger partial charge in [-0.2, -0.15) is 5.10 Å². The zero-order chi connectivity index (χ0) is 24.1. The van der Waals surface area contributed by atoms with E-state index in [1.54, 1.807) is 14.2 Å². The number of piperidine rings is 1. The summed E-state index contributed by atoms with van der Waals surface area (Å²) in [6, 6.07) is 11.0. The lowest BCUT2D eigenvalue weighted by atomic mass is 9.96. The predicted molar refractivity (Wildman–Crippen MR) is 130 cm³/mol. The molecule has 2 heterocycles. The molecule has 0 unspecified atom stereocenters. The SMILES string of the molecule is COCCNC(=O)c1ccc2nn(CC3CCN(C(=O)c4ccc(OC)cc4)CC3)cc2c1C. The first kappa shape index (κ1) is 23.8. The quantitative estimate of drug-likeness (QED) is 0.517. The maximum absolute atomic E-state index is 12.8. The Morgan fingerprint density at radius 3 is 2.50 bits per heavy atom. The van der Waals surface area contributed by atoms with E-state index in [9.17, 15) is 9.59 Å². The molecule has 8 heteroatoms. The molecule has 1 aliphatic rings. The second-order valence-corrected chi connectivity index (χ2v) is 8.73. The number of carbonyl (C=O) groups excluding carboxylic acids is 2. The fraction of sp³-hybridized carbons (Fsp3) is 0.423. The van der Waals surface area contributed by atoms with Crippen LogP contribution in [-0.2, 0) is 11.3 Å². The highest BCUT2D eigenvalue weighted by Crippen LogP contribution is 2.25. The van der Waals surface area contributed by atoms with Crippen LogP contribution in [0.4, 0.5) is 0 Å². The zero-order valence-electron chi connectivity index (χ0n) is 20.0. The minimum absolute atomic E-state index is 0.0675. The first-order valence-electron chi connectivity index (χ1n) is 11.7. The molecule has 1 fully saturated rings. The highest BCUT2D eigenvalue weighted by molar-refractivity contribution is 6.00. The van der Waals surface area contributed by atoms with Gasteiger partial charge in [0.25, 0.3) is 11.8 Å². The molecule has 0 aliphatic carbocycles. The molecule has 8 nitrogen and oxygen atoms in total. The molecule has 180 valence electrons. The molecule has 1 saturated heterocycles. The van der Waals surface area contributed by atoms with Gasteiger partial charge in [0.15, 0.2) is 0 Å². The lowest BCUT2D eigenvalue weighted by Gasteiger charge is -2.32. The summed E-state index contributed by atoms with van der Waals surface area (Å²) in [5.41, 5.74) is 3.17. The minimum Gasteiger partial charge on any atom is -0.497 e. The molecule has 1 aromatic heterocycles. The van der Waals surface area contributed by atoms with Gasteiger partial charge in [0.05, 0.1) is 19.2 Å². The number of methoxy groups -OCH3 is 2. The van der Waals surface area contributed by atoms with Crippen molar-refractivity contribution < 1.29 is 19.1 Å². The van der Waals surface area contributed by atoms with E-state index in [-0.39, 0.29) is 11.8 Å². The van der Waals surface area contributed by atoms with E-state index in [4.69, 9.17) is 14.6 Å². The number of ether oxygens (including phenoxy) is 2. The van der Waals surface area contributed by atoms with Gasteiger partial charge in [0.1, 0.15) is 5.75 Å². The van der Waals surface area contributed by atoms with E-state index in [1.165, 1.54) is 0 Å². The molecule has 0 spiro atoms. The van der Waals surface area contributed by atoms with E-state index < -0.39 is 0 Å². The summed E-state index contributed by atoms with van der Waals surface area (Å²) in [5.74, 6) is 1.17. The summed E-state index contributed by atoms with van der Waals surface area (Å²) >= 11 is 0. The number of hydrogen-bond acceptors (Lipinski definition) is 5. The van der Waals surface area contributed by atoms with Crippen molar-refractivity contribution in [1.29, 1.82) is 0 Å². The van der Waals surface area contributed by atoms with Crippen molar-refractivity contribution in [3.63, 3.8) is 0 Å². The Balaban J connectivity index is 1.36. The number of benzene rings is 2. The third-order valence-corrected chi connectivity index (χ3v) is 6.53. The van der Waals surface area contributed by atoms with Gasteiger partial charge in [0.2, 0.25) is 0 Å². The van der Waals surface area contributed by atoms with Gasteiger partial charge in [-0.1, -0.05) is 0 Å². The van der Waals surface area contributed by atoms with Crippen LogP contribution in [0.25, 0.3) is 10.9 Å². The summed E-state index contributed by atoms with van der Waals surface area (Å²) in [4.78, 5) is 27.2. The smallest absolute Gasteiger partial charge is 0.253 e. The summed E-state index contributed by atoms with van der Waals surface area (Å²) in [7, 11) is 3.23. The van der Waals surface area contributed by atoms with Crippen LogP contribution in [0.5, 0.6) is 5.75 Å². The number of fused-ring (bicyclic) bond motifs is 1. The Bertz CT molecular complexity index is 1150. The van der Waals surface area contributed by atoms with Crippen LogP contribution >= 0.6 is 0 Å². The van der Waals surface area contributed by atoms with Crippen LogP contribution in [0.2, 0.25) is 0 Å². The van der Waals surface area contributed by atoms with Gasteiger partial charge < -0.3 is 19.7 Å². The summed E-state index contributed by atoms with van der Waals surface area (Å²) in [6.45, 7) is 5.19. The van der Waals surface area contributed by atoms with Crippen molar-refractivity contribution in [3.8, 4) is 5.75 Å². The lowest BCUT2D eigenvalue weighted by Crippen LogP contribution is -2.39. The first-order valence-corrected chi connectivity index (χ1v) is 11.7.